The van der Waals surface area contributed by atoms with Crippen molar-refractivity contribution in [3.8, 4) is 0 Å². The van der Waals surface area contributed by atoms with Gasteiger partial charge in [0.05, 0.1) is 12.1 Å². The molecule has 2 heterocycles. The van der Waals surface area contributed by atoms with Gasteiger partial charge >= 0.3 is 5.97 Å². The highest BCUT2D eigenvalue weighted by Crippen LogP contribution is 2.13. The monoisotopic (exact) mass is 270 g/mol. The third-order valence-corrected chi connectivity index (χ3v) is 2.83. The Morgan fingerprint density at radius 2 is 2.15 bits per heavy atom. The summed E-state index contributed by atoms with van der Waals surface area (Å²) in [5.41, 5.74) is -0.0373. The normalized spacial score (nSPS) is 10.8. The molecule has 20 heavy (non-hydrogen) atoms. The first-order chi connectivity index (χ1) is 9.72. The number of carbonyl (C=O) groups is 1. The average molecular weight is 270 g/mol. The maximum absolute atomic E-state index is 12.1. The summed E-state index contributed by atoms with van der Waals surface area (Å²) in [6.07, 6.45) is 1.45. The first-order valence-corrected chi connectivity index (χ1v) is 6.03. The molecule has 0 aliphatic carbocycles. The van der Waals surface area contributed by atoms with Gasteiger partial charge in [0, 0.05) is 11.6 Å². The zero-order chi connectivity index (χ0) is 14.1. The van der Waals surface area contributed by atoms with Crippen molar-refractivity contribution in [2.75, 3.05) is 6.61 Å². The molecule has 7 nitrogen and oxygen atoms in total. The van der Waals surface area contributed by atoms with E-state index in [4.69, 9.17) is 4.74 Å². The van der Waals surface area contributed by atoms with E-state index in [1.165, 1.54) is 10.7 Å². The first kappa shape index (κ1) is 12.2. The summed E-state index contributed by atoms with van der Waals surface area (Å²) in [5, 5.41) is 8.35. The molecule has 3 rings (SSSR count). The van der Waals surface area contributed by atoms with Crippen LogP contribution in [0.1, 0.15) is 17.4 Å². The Bertz CT molecular complexity index is 872. The molecule has 0 saturated heterocycles. The van der Waals surface area contributed by atoms with Crippen LogP contribution in [0, 0.1) is 0 Å². The second-order valence-electron chi connectivity index (χ2n) is 4.04. The van der Waals surface area contributed by atoms with Gasteiger partial charge in [0.25, 0.3) is 5.56 Å². The van der Waals surface area contributed by atoms with E-state index >= 15 is 0 Å². The second kappa shape index (κ2) is 4.69. The predicted octanol–water partition coefficient (Wildman–Crippen LogP) is 0.814. The second-order valence-corrected chi connectivity index (χ2v) is 4.04. The Morgan fingerprint density at radius 3 is 2.95 bits per heavy atom. The highest BCUT2D eigenvalue weighted by molar-refractivity contribution is 5.95. The zero-order valence-corrected chi connectivity index (χ0v) is 10.6. The highest BCUT2D eigenvalue weighted by Gasteiger charge is 2.19. The summed E-state index contributed by atoms with van der Waals surface area (Å²) < 4.78 is 6.19. The Hall–Kier alpha value is -2.83. The van der Waals surface area contributed by atoms with Crippen LogP contribution in [0.2, 0.25) is 0 Å². The number of aromatic nitrogens is 4. The van der Waals surface area contributed by atoms with E-state index in [9.17, 15) is 9.59 Å². The third kappa shape index (κ3) is 1.80. The van der Waals surface area contributed by atoms with Crippen molar-refractivity contribution in [3.63, 3.8) is 0 Å². The van der Waals surface area contributed by atoms with E-state index in [1.807, 2.05) is 6.07 Å². The topological polar surface area (TPSA) is 86.5 Å². The van der Waals surface area contributed by atoms with E-state index < -0.39 is 11.5 Å². The molecule has 3 aromatic rings. The molecule has 0 unspecified atom stereocenters. The van der Waals surface area contributed by atoms with Gasteiger partial charge < -0.3 is 4.74 Å². The molecular weight excluding hydrogens is 260 g/mol. The minimum Gasteiger partial charge on any atom is -0.461 e. The summed E-state index contributed by atoms with van der Waals surface area (Å²) in [5.74, 6) is -0.684. The first-order valence-electron chi connectivity index (χ1n) is 6.03. The molecule has 7 heteroatoms. The van der Waals surface area contributed by atoms with Gasteiger partial charge in [0.1, 0.15) is 0 Å². The molecule has 1 aromatic carbocycles. The Kier molecular flexibility index (Phi) is 2.86. The lowest BCUT2D eigenvalue weighted by molar-refractivity contribution is 0.0521. The van der Waals surface area contributed by atoms with Gasteiger partial charge in [0.15, 0.2) is 5.52 Å². The fraction of sp³-hybridized carbons (Fsp3) is 0.154. The van der Waals surface area contributed by atoms with Crippen molar-refractivity contribution >= 4 is 22.4 Å². The van der Waals surface area contributed by atoms with Crippen LogP contribution >= 0.6 is 0 Å². The van der Waals surface area contributed by atoms with Gasteiger partial charge in [-0.2, -0.15) is 0 Å². The third-order valence-electron chi connectivity index (χ3n) is 2.83. The fourth-order valence-corrected chi connectivity index (χ4v) is 1.96. The van der Waals surface area contributed by atoms with Crippen molar-refractivity contribution < 1.29 is 9.53 Å². The van der Waals surface area contributed by atoms with Crippen LogP contribution in [0.5, 0.6) is 0 Å². The summed E-state index contributed by atoms with van der Waals surface area (Å²) in [7, 11) is 0. The molecule has 0 saturated carbocycles. The molecule has 0 aliphatic rings. The Balaban J connectivity index is 2.44. The van der Waals surface area contributed by atoms with Crippen molar-refractivity contribution in [1.29, 1.82) is 0 Å². The number of esters is 1. The van der Waals surface area contributed by atoms with Crippen molar-refractivity contribution in [1.82, 2.24) is 19.8 Å². The van der Waals surface area contributed by atoms with Gasteiger partial charge in [-0.3, -0.25) is 4.79 Å². The van der Waals surface area contributed by atoms with Gasteiger partial charge in [0.2, 0.25) is 5.69 Å². The minimum absolute atomic E-state index is 0.0182. The highest BCUT2D eigenvalue weighted by atomic mass is 16.5. The standard InChI is InChI=1S/C13H10N4O3/c1-2-20-13(19)10-11-12(18)14-7-8-5-3-4-6-9(8)17(11)16-15-10/h3-7H,2H2,1H3. The molecule has 100 valence electrons. The maximum atomic E-state index is 12.1. The number of para-hydroxylation sites is 1. The minimum atomic E-state index is -0.684. The number of rotatable bonds is 2. The molecule has 0 radical (unpaired) electrons. The van der Waals surface area contributed by atoms with Crippen LogP contribution in [-0.2, 0) is 4.74 Å². The molecule has 2 aromatic heterocycles. The summed E-state index contributed by atoms with van der Waals surface area (Å²) in [6.45, 7) is 1.87. The van der Waals surface area contributed by atoms with Crippen LogP contribution in [0.4, 0.5) is 0 Å². The number of hydrogen-bond donors (Lipinski definition) is 0. The molecule has 0 fully saturated rings. The number of hydrogen-bond acceptors (Lipinski definition) is 6. The molecule has 0 aliphatic heterocycles. The summed E-state index contributed by atoms with van der Waals surface area (Å²) >= 11 is 0. The lowest BCUT2D eigenvalue weighted by Crippen LogP contribution is -2.11. The zero-order valence-electron chi connectivity index (χ0n) is 10.6. The number of benzene rings is 1. The largest absolute Gasteiger partial charge is 0.461 e. The van der Waals surface area contributed by atoms with Crippen molar-refractivity contribution in [3.05, 3.63) is 46.5 Å². The van der Waals surface area contributed by atoms with Gasteiger partial charge in [-0.25, -0.2) is 14.3 Å². The van der Waals surface area contributed by atoms with E-state index in [1.54, 1.807) is 25.1 Å². The lowest BCUT2D eigenvalue weighted by atomic mass is 10.2. The van der Waals surface area contributed by atoms with Crippen molar-refractivity contribution in [2.24, 2.45) is 0 Å². The van der Waals surface area contributed by atoms with Gasteiger partial charge in [-0.15, -0.1) is 5.10 Å². The molecular formula is C13H10N4O3. The van der Waals surface area contributed by atoms with Crippen LogP contribution in [0.3, 0.4) is 0 Å². The smallest absolute Gasteiger partial charge is 0.361 e. The van der Waals surface area contributed by atoms with Gasteiger partial charge in [-0.1, -0.05) is 23.4 Å². The van der Waals surface area contributed by atoms with E-state index in [0.29, 0.717) is 5.52 Å². The number of nitrogens with zero attached hydrogens (tertiary/aromatic N) is 4. The molecule has 0 N–H and O–H groups in total. The Labute approximate surface area is 112 Å². The summed E-state index contributed by atoms with van der Waals surface area (Å²) in [4.78, 5) is 27.7. The van der Waals surface area contributed by atoms with Gasteiger partial charge in [-0.05, 0) is 13.0 Å². The van der Waals surface area contributed by atoms with Crippen LogP contribution < -0.4 is 5.56 Å². The number of carbonyl (C=O) groups excluding carboxylic acids is 1. The lowest BCUT2D eigenvalue weighted by Gasteiger charge is -1.96. The van der Waals surface area contributed by atoms with E-state index in [0.717, 1.165) is 5.39 Å². The molecule has 0 atom stereocenters. The predicted molar refractivity (Wildman–Crippen MR) is 70.5 cm³/mol. The van der Waals surface area contributed by atoms with E-state index in [-0.39, 0.29) is 17.8 Å². The van der Waals surface area contributed by atoms with E-state index in [2.05, 4.69) is 15.3 Å². The summed E-state index contributed by atoms with van der Waals surface area (Å²) in [6, 6.07) is 7.20. The SMILES string of the molecule is CCOC(=O)c1nnn2c1c(=O)ncc1ccccc12. The molecule has 0 bridgehead atoms. The molecule has 0 spiro atoms. The van der Waals surface area contributed by atoms with Crippen LogP contribution in [0.25, 0.3) is 16.4 Å². The van der Waals surface area contributed by atoms with Crippen LogP contribution in [0.15, 0.2) is 35.3 Å². The number of fused-ring (bicyclic) bond motifs is 3. The fourth-order valence-electron chi connectivity index (χ4n) is 1.96. The Morgan fingerprint density at radius 1 is 1.35 bits per heavy atom. The van der Waals surface area contributed by atoms with Crippen molar-refractivity contribution in [2.45, 2.75) is 6.92 Å². The average Bonchev–Trinajstić information content (AvgIpc) is 2.84. The van der Waals surface area contributed by atoms with Crippen LogP contribution in [-0.4, -0.2) is 32.4 Å². The molecule has 0 amide bonds. The quantitative estimate of drug-likeness (QED) is 0.640. The number of ether oxygens (including phenoxy) is 1. The maximum Gasteiger partial charge on any atom is 0.361 e.